The number of carbonyl (C=O) groups excluding carboxylic acids is 1. The first-order valence-electron chi connectivity index (χ1n) is 5.99. The van der Waals surface area contributed by atoms with E-state index in [2.05, 4.69) is 0 Å². The molecule has 92 valence electrons. The molecule has 0 bridgehead atoms. The molecule has 0 aliphatic carbocycles. The normalized spacial score (nSPS) is 14.5. The number of ether oxygens (including phenoxy) is 2. The number of methoxy groups -OCH3 is 1. The van der Waals surface area contributed by atoms with E-state index in [0.29, 0.717) is 5.56 Å². The highest BCUT2D eigenvalue weighted by Crippen LogP contribution is 2.33. The number of hydrogen-bond acceptors (Lipinski definition) is 3. The number of rotatable bonds is 1. The minimum absolute atomic E-state index is 0.266. The molecule has 1 aromatic rings. The first kappa shape index (κ1) is 12.0. The van der Waals surface area contributed by atoms with Crippen LogP contribution in [-0.4, -0.2) is 19.7 Å². The number of carbonyl (C=O) groups is 1. The molecule has 0 atom stereocenters. The molecule has 1 aromatic carbocycles. The second-order valence-corrected chi connectivity index (χ2v) is 4.47. The average molecular weight is 234 g/mol. The molecule has 0 saturated carbocycles. The number of benzene rings is 1. The highest BCUT2D eigenvalue weighted by atomic mass is 16.5. The Labute approximate surface area is 102 Å². The fourth-order valence-electron chi connectivity index (χ4n) is 2.36. The molecule has 17 heavy (non-hydrogen) atoms. The first-order valence-corrected chi connectivity index (χ1v) is 5.99. The van der Waals surface area contributed by atoms with E-state index in [0.717, 1.165) is 42.7 Å². The molecular formula is C14H18O3. The van der Waals surface area contributed by atoms with Gasteiger partial charge in [-0.3, -0.25) is 0 Å². The van der Waals surface area contributed by atoms with Gasteiger partial charge in [0.05, 0.1) is 19.3 Å². The Morgan fingerprint density at radius 3 is 2.82 bits per heavy atom. The van der Waals surface area contributed by atoms with Crippen molar-refractivity contribution >= 4 is 5.97 Å². The molecule has 0 amide bonds. The van der Waals surface area contributed by atoms with Gasteiger partial charge in [0, 0.05) is 0 Å². The zero-order valence-corrected chi connectivity index (χ0v) is 10.6. The van der Waals surface area contributed by atoms with Gasteiger partial charge < -0.3 is 9.47 Å². The van der Waals surface area contributed by atoms with Gasteiger partial charge >= 0.3 is 5.97 Å². The summed E-state index contributed by atoms with van der Waals surface area (Å²) >= 11 is 0. The Bertz CT molecular complexity index is 449. The lowest BCUT2D eigenvalue weighted by Gasteiger charge is -2.16. The van der Waals surface area contributed by atoms with Crippen molar-refractivity contribution in [1.29, 1.82) is 0 Å². The van der Waals surface area contributed by atoms with E-state index >= 15 is 0 Å². The maximum atomic E-state index is 11.7. The summed E-state index contributed by atoms with van der Waals surface area (Å²) in [6, 6.07) is 1.87. The molecule has 1 aliphatic heterocycles. The summed E-state index contributed by atoms with van der Waals surface area (Å²) in [6.45, 7) is 4.72. The van der Waals surface area contributed by atoms with Crippen LogP contribution in [0.1, 0.15) is 39.9 Å². The van der Waals surface area contributed by atoms with Crippen LogP contribution >= 0.6 is 0 Å². The number of fused-ring (bicyclic) bond motifs is 1. The summed E-state index contributed by atoms with van der Waals surface area (Å²) in [4.78, 5) is 11.7. The van der Waals surface area contributed by atoms with Crippen molar-refractivity contribution in [2.75, 3.05) is 13.7 Å². The molecule has 0 aromatic heterocycles. The summed E-state index contributed by atoms with van der Waals surface area (Å²) in [5, 5.41) is 0. The van der Waals surface area contributed by atoms with E-state index in [9.17, 15) is 4.79 Å². The van der Waals surface area contributed by atoms with Crippen LogP contribution in [0.4, 0.5) is 0 Å². The Morgan fingerprint density at radius 1 is 1.35 bits per heavy atom. The van der Waals surface area contributed by atoms with E-state index in [1.165, 1.54) is 12.7 Å². The van der Waals surface area contributed by atoms with Crippen molar-refractivity contribution in [2.24, 2.45) is 0 Å². The quantitative estimate of drug-likeness (QED) is 0.701. The van der Waals surface area contributed by atoms with E-state index in [1.807, 2.05) is 19.9 Å². The SMILES string of the molecule is COC(=O)c1cc(C)c2c(c1C)CCCCO2. The van der Waals surface area contributed by atoms with Crippen LogP contribution < -0.4 is 4.74 Å². The van der Waals surface area contributed by atoms with Crippen LogP contribution in [0.5, 0.6) is 5.75 Å². The van der Waals surface area contributed by atoms with Crippen LogP contribution in [0.2, 0.25) is 0 Å². The molecule has 0 fully saturated rings. The molecule has 0 N–H and O–H groups in total. The van der Waals surface area contributed by atoms with E-state index < -0.39 is 0 Å². The fourth-order valence-corrected chi connectivity index (χ4v) is 2.36. The van der Waals surface area contributed by atoms with Crippen molar-refractivity contribution in [2.45, 2.75) is 33.1 Å². The third kappa shape index (κ3) is 2.14. The minimum Gasteiger partial charge on any atom is -0.493 e. The van der Waals surface area contributed by atoms with Gasteiger partial charge in [0.25, 0.3) is 0 Å². The molecule has 0 unspecified atom stereocenters. The molecule has 3 nitrogen and oxygen atoms in total. The van der Waals surface area contributed by atoms with Gasteiger partial charge in [0.15, 0.2) is 0 Å². The number of esters is 1. The van der Waals surface area contributed by atoms with Crippen LogP contribution in [0.3, 0.4) is 0 Å². The lowest BCUT2D eigenvalue weighted by Crippen LogP contribution is -2.08. The van der Waals surface area contributed by atoms with Gasteiger partial charge in [0.2, 0.25) is 0 Å². The minimum atomic E-state index is -0.266. The van der Waals surface area contributed by atoms with Crippen molar-refractivity contribution in [1.82, 2.24) is 0 Å². The zero-order valence-electron chi connectivity index (χ0n) is 10.6. The lowest BCUT2D eigenvalue weighted by molar-refractivity contribution is 0.0599. The molecule has 0 saturated heterocycles. The molecular weight excluding hydrogens is 216 g/mol. The van der Waals surface area contributed by atoms with E-state index in [1.54, 1.807) is 0 Å². The predicted molar refractivity (Wildman–Crippen MR) is 65.7 cm³/mol. The third-order valence-corrected chi connectivity index (χ3v) is 3.32. The van der Waals surface area contributed by atoms with Gasteiger partial charge in [0.1, 0.15) is 5.75 Å². The smallest absolute Gasteiger partial charge is 0.338 e. The summed E-state index contributed by atoms with van der Waals surface area (Å²) in [5.41, 5.74) is 3.85. The van der Waals surface area contributed by atoms with Crippen LogP contribution in [0.25, 0.3) is 0 Å². The largest absolute Gasteiger partial charge is 0.493 e. The Balaban J connectivity index is 2.56. The zero-order chi connectivity index (χ0) is 12.4. The van der Waals surface area contributed by atoms with E-state index in [4.69, 9.17) is 9.47 Å². The first-order chi connectivity index (χ1) is 8.15. The monoisotopic (exact) mass is 234 g/mol. The molecule has 0 spiro atoms. The van der Waals surface area contributed by atoms with Crippen LogP contribution in [0.15, 0.2) is 6.07 Å². The predicted octanol–water partition coefficient (Wildman–Crippen LogP) is 2.81. The van der Waals surface area contributed by atoms with Crippen molar-refractivity contribution in [3.05, 3.63) is 28.3 Å². The Kier molecular flexibility index (Phi) is 3.36. The fraction of sp³-hybridized carbons (Fsp3) is 0.500. The third-order valence-electron chi connectivity index (χ3n) is 3.32. The Hall–Kier alpha value is -1.51. The maximum absolute atomic E-state index is 11.7. The second kappa shape index (κ2) is 4.78. The summed E-state index contributed by atoms with van der Waals surface area (Å²) in [5.74, 6) is 0.699. The summed E-state index contributed by atoms with van der Waals surface area (Å²) in [6.07, 6.45) is 3.16. The van der Waals surface area contributed by atoms with Crippen molar-refractivity contribution < 1.29 is 14.3 Å². The van der Waals surface area contributed by atoms with Gasteiger partial charge in [-0.2, -0.15) is 0 Å². The summed E-state index contributed by atoms with van der Waals surface area (Å²) in [7, 11) is 1.42. The maximum Gasteiger partial charge on any atom is 0.338 e. The van der Waals surface area contributed by atoms with Crippen LogP contribution in [0, 0.1) is 13.8 Å². The second-order valence-electron chi connectivity index (χ2n) is 4.47. The number of aryl methyl sites for hydroxylation is 1. The number of hydrogen-bond donors (Lipinski definition) is 0. The lowest BCUT2D eigenvalue weighted by atomic mass is 9.95. The molecule has 1 heterocycles. The standard InChI is InChI=1S/C14H18O3/c1-9-8-12(14(15)16-3)10(2)11-6-4-5-7-17-13(9)11/h8H,4-7H2,1-3H3. The average Bonchev–Trinajstić information content (AvgIpc) is 2.58. The summed E-state index contributed by atoms with van der Waals surface area (Å²) < 4.78 is 10.6. The van der Waals surface area contributed by atoms with Crippen molar-refractivity contribution in [3.63, 3.8) is 0 Å². The topological polar surface area (TPSA) is 35.5 Å². The van der Waals surface area contributed by atoms with Gasteiger partial charge in [-0.25, -0.2) is 4.79 Å². The highest BCUT2D eigenvalue weighted by Gasteiger charge is 2.20. The Morgan fingerprint density at radius 2 is 2.12 bits per heavy atom. The highest BCUT2D eigenvalue weighted by molar-refractivity contribution is 5.92. The molecule has 0 radical (unpaired) electrons. The molecule has 3 heteroatoms. The van der Waals surface area contributed by atoms with Gasteiger partial charge in [-0.15, -0.1) is 0 Å². The molecule has 2 rings (SSSR count). The molecule has 1 aliphatic rings. The van der Waals surface area contributed by atoms with Crippen molar-refractivity contribution in [3.8, 4) is 5.75 Å². The van der Waals surface area contributed by atoms with E-state index in [-0.39, 0.29) is 5.97 Å². The van der Waals surface area contributed by atoms with Gasteiger partial charge in [-0.05, 0) is 55.9 Å². The van der Waals surface area contributed by atoms with Crippen LogP contribution in [-0.2, 0) is 11.2 Å². The van der Waals surface area contributed by atoms with Gasteiger partial charge in [-0.1, -0.05) is 0 Å².